The first-order chi connectivity index (χ1) is 10.5. The molecule has 2 aliphatic carbocycles. The molecule has 0 radical (unpaired) electrons. The Morgan fingerprint density at radius 1 is 1.18 bits per heavy atom. The van der Waals surface area contributed by atoms with Crippen molar-refractivity contribution in [3.63, 3.8) is 0 Å². The van der Waals surface area contributed by atoms with Crippen LogP contribution in [-0.4, -0.2) is 66.6 Å². The average Bonchev–Trinajstić information content (AvgIpc) is 3.28. The molecular formula is C16H24F2N2O2. The second-order valence-electron chi connectivity index (χ2n) is 7.45. The van der Waals surface area contributed by atoms with E-state index in [0.717, 1.165) is 32.0 Å². The summed E-state index contributed by atoms with van der Waals surface area (Å²) in [7, 11) is 0. The lowest BCUT2D eigenvalue weighted by Gasteiger charge is -2.48. The fourth-order valence-corrected chi connectivity index (χ4v) is 4.10. The van der Waals surface area contributed by atoms with E-state index in [4.69, 9.17) is 4.74 Å². The first kappa shape index (κ1) is 14.8. The normalized spacial score (nSPS) is 35.8. The molecule has 0 spiro atoms. The summed E-state index contributed by atoms with van der Waals surface area (Å²) in [6.07, 6.45) is 3.14. The molecule has 6 heteroatoms. The third kappa shape index (κ3) is 2.87. The summed E-state index contributed by atoms with van der Waals surface area (Å²) >= 11 is 0. The van der Waals surface area contributed by atoms with Crippen LogP contribution in [0.15, 0.2) is 0 Å². The predicted molar refractivity (Wildman–Crippen MR) is 76.7 cm³/mol. The van der Waals surface area contributed by atoms with Crippen molar-refractivity contribution >= 4 is 5.91 Å². The number of nitrogens with zero attached hydrogens (tertiary/aromatic N) is 2. The van der Waals surface area contributed by atoms with Gasteiger partial charge in [-0.15, -0.1) is 0 Å². The molecule has 2 aliphatic heterocycles. The number of hydrogen-bond donors (Lipinski definition) is 0. The summed E-state index contributed by atoms with van der Waals surface area (Å²) in [6, 6.07) is 0.257. The van der Waals surface area contributed by atoms with E-state index in [1.54, 1.807) is 0 Å². The first-order valence-corrected chi connectivity index (χ1v) is 8.54. The molecule has 0 aromatic carbocycles. The summed E-state index contributed by atoms with van der Waals surface area (Å²) < 4.78 is 31.9. The minimum atomic E-state index is -2.62. The van der Waals surface area contributed by atoms with Crippen LogP contribution in [0, 0.1) is 11.8 Å². The van der Waals surface area contributed by atoms with Gasteiger partial charge < -0.3 is 9.64 Å². The third-order valence-electron chi connectivity index (χ3n) is 5.64. The van der Waals surface area contributed by atoms with E-state index in [9.17, 15) is 13.6 Å². The fraction of sp³-hybridized carbons (Fsp3) is 0.938. The van der Waals surface area contributed by atoms with Gasteiger partial charge >= 0.3 is 0 Å². The lowest BCUT2D eigenvalue weighted by Crippen LogP contribution is -2.62. The number of fused-ring (bicyclic) bond motifs is 1. The van der Waals surface area contributed by atoms with Gasteiger partial charge in [-0.25, -0.2) is 8.78 Å². The van der Waals surface area contributed by atoms with Crippen molar-refractivity contribution in [1.29, 1.82) is 0 Å². The van der Waals surface area contributed by atoms with Crippen molar-refractivity contribution in [1.82, 2.24) is 9.80 Å². The van der Waals surface area contributed by atoms with Crippen molar-refractivity contribution in [3.8, 4) is 0 Å². The van der Waals surface area contributed by atoms with Gasteiger partial charge in [0, 0.05) is 44.9 Å². The molecule has 4 rings (SSSR count). The van der Waals surface area contributed by atoms with E-state index in [1.807, 2.05) is 4.90 Å². The Morgan fingerprint density at radius 3 is 2.64 bits per heavy atom. The average molecular weight is 314 g/mol. The van der Waals surface area contributed by atoms with E-state index in [1.165, 1.54) is 12.8 Å². The third-order valence-corrected chi connectivity index (χ3v) is 5.64. The van der Waals surface area contributed by atoms with Gasteiger partial charge in [0.05, 0.1) is 18.8 Å². The molecule has 0 unspecified atom stereocenters. The second-order valence-corrected chi connectivity index (χ2v) is 7.45. The van der Waals surface area contributed by atoms with Gasteiger partial charge in [0.15, 0.2) is 0 Å². The van der Waals surface area contributed by atoms with Gasteiger partial charge in [0.25, 0.3) is 0 Å². The predicted octanol–water partition coefficient (Wildman–Crippen LogP) is 1.74. The van der Waals surface area contributed by atoms with Crippen molar-refractivity contribution in [2.75, 3.05) is 32.8 Å². The Labute approximate surface area is 129 Å². The van der Waals surface area contributed by atoms with Gasteiger partial charge in [-0.3, -0.25) is 9.69 Å². The van der Waals surface area contributed by atoms with Gasteiger partial charge in [-0.2, -0.15) is 0 Å². The molecule has 0 N–H and O–H groups in total. The molecule has 124 valence electrons. The zero-order valence-electron chi connectivity index (χ0n) is 12.8. The Balaban J connectivity index is 1.38. The summed E-state index contributed by atoms with van der Waals surface area (Å²) in [6.45, 7) is 4.11. The highest BCUT2D eigenvalue weighted by molar-refractivity contribution is 5.80. The molecule has 22 heavy (non-hydrogen) atoms. The molecule has 2 saturated heterocycles. The zero-order valence-corrected chi connectivity index (χ0v) is 12.8. The van der Waals surface area contributed by atoms with Crippen molar-refractivity contribution in [2.24, 2.45) is 11.8 Å². The molecule has 4 nitrogen and oxygen atoms in total. The second kappa shape index (κ2) is 5.41. The number of alkyl halides is 2. The van der Waals surface area contributed by atoms with Crippen LogP contribution < -0.4 is 0 Å². The highest BCUT2D eigenvalue weighted by Crippen LogP contribution is 2.43. The molecule has 1 amide bonds. The highest BCUT2D eigenvalue weighted by Gasteiger charge is 2.51. The van der Waals surface area contributed by atoms with Crippen LogP contribution in [0.1, 0.15) is 32.1 Å². The fourth-order valence-electron chi connectivity index (χ4n) is 4.10. The van der Waals surface area contributed by atoms with Gasteiger partial charge in [0.1, 0.15) is 0 Å². The van der Waals surface area contributed by atoms with Gasteiger partial charge in [-0.05, 0) is 25.2 Å². The molecule has 4 fully saturated rings. The summed E-state index contributed by atoms with van der Waals surface area (Å²) in [4.78, 5) is 16.7. The maximum atomic E-state index is 13.0. The lowest BCUT2D eigenvalue weighted by atomic mass is 9.80. The SMILES string of the molecule is O=C(C1CC(F)(F)C1)N1CC[C@@H]2OCCN(CC3CC3)[C@H]2C1. The summed E-state index contributed by atoms with van der Waals surface area (Å²) in [5.74, 6) is -2.34. The number of ether oxygens (including phenoxy) is 1. The number of halogens is 2. The molecule has 0 aromatic heterocycles. The maximum absolute atomic E-state index is 13.0. The topological polar surface area (TPSA) is 32.8 Å². The first-order valence-electron chi connectivity index (χ1n) is 8.54. The van der Waals surface area contributed by atoms with Crippen LogP contribution in [0.25, 0.3) is 0 Å². The molecule has 4 aliphatic rings. The van der Waals surface area contributed by atoms with Gasteiger partial charge in [-0.1, -0.05) is 0 Å². The molecule has 2 saturated carbocycles. The molecule has 0 bridgehead atoms. The van der Waals surface area contributed by atoms with Crippen LogP contribution >= 0.6 is 0 Å². The number of rotatable bonds is 3. The standard InChI is InChI=1S/C16H24F2N2O2/c17-16(18)7-12(8-16)15(21)20-4-3-14-13(10-20)19(5-6-22-14)9-11-1-2-11/h11-14H,1-10H2/t13-,14-/m0/s1. The number of hydrogen-bond acceptors (Lipinski definition) is 3. The monoisotopic (exact) mass is 314 g/mol. The molecule has 2 atom stereocenters. The van der Waals surface area contributed by atoms with Crippen molar-refractivity contribution < 1.29 is 18.3 Å². The Kier molecular flexibility index (Phi) is 3.64. The number of carbonyl (C=O) groups is 1. The van der Waals surface area contributed by atoms with E-state index in [-0.39, 0.29) is 30.9 Å². The Morgan fingerprint density at radius 2 is 1.95 bits per heavy atom. The van der Waals surface area contributed by atoms with Crippen molar-refractivity contribution in [3.05, 3.63) is 0 Å². The van der Waals surface area contributed by atoms with Crippen LogP contribution in [-0.2, 0) is 9.53 Å². The number of carbonyl (C=O) groups excluding carboxylic acids is 1. The van der Waals surface area contributed by atoms with E-state index in [0.29, 0.717) is 13.1 Å². The minimum Gasteiger partial charge on any atom is -0.375 e. The van der Waals surface area contributed by atoms with Gasteiger partial charge in [0.2, 0.25) is 11.8 Å². The Bertz CT molecular complexity index is 447. The van der Waals surface area contributed by atoms with E-state index < -0.39 is 11.8 Å². The van der Waals surface area contributed by atoms with Crippen molar-refractivity contribution in [2.45, 2.75) is 50.2 Å². The van der Waals surface area contributed by atoms with Crippen LogP contribution in [0.2, 0.25) is 0 Å². The smallest absolute Gasteiger partial charge is 0.249 e. The van der Waals surface area contributed by atoms with E-state index in [2.05, 4.69) is 4.90 Å². The number of piperidine rings is 1. The number of morpholine rings is 1. The Hall–Kier alpha value is -0.750. The van der Waals surface area contributed by atoms with E-state index >= 15 is 0 Å². The quantitative estimate of drug-likeness (QED) is 0.795. The largest absolute Gasteiger partial charge is 0.375 e. The van der Waals surface area contributed by atoms with Crippen LogP contribution in [0.3, 0.4) is 0 Å². The maximum Gasteiger partial charge on any atom is 0.249 e. The highest BCUT2D eigenvalue weighted by atomic mass is 19.3. The summed E-state index contributed by atoms with van der Waals surface area (Å²) in [5, 5.41) is 0. The zero-order chi connectivity index (χ0) is 15.3. The number of likely N-dealkylation sites (tertiary alicyclic amines) is 1. The molecule has 2 heterocycles. The minimum absolute atomic E-state index is 0.0682. The summed E-state index contributed by atoms with van der Waals surface area (Å²) in [5.41, 5.74) is 0. The lowest BCUT2D eigenvalue weighted by molar-refractivity contribution is -0.167. The van der Waals surface area contributed by atoms with Crippen LogP contribution in [0.4, 0.5) is 8.78 Å². The number of amides is 1. The molecule has 0 aromatic rings. The van der Waals surface area contributed by atoms with Crippen LogP contribution in [0.5, 0.6) is 0 Å². The molecular weight excluding hydrogens is 290 g/mol.